The Balaban J connectivity index is 2.40. The summed E-state index contributed by atoms with van der Waals surface area (Å²) >= 11 is 0. The van der Waals surface area contributed by atoms with Gasteiger partial charge in [-0.3, -0.25) is 4.79 Å². The van der Waals surface area contributed by atoms with Crippen molar-refractivity contribution in [2.24, 2.45) is 5.73 Å². The van der Waals surface area contributed by atoms with Crippen molar-refractivity contribution in [1.29, 1.82) is 0 Å². The lowest BCUT2D eigenvalue weighted by atomic mass is 9.99. The molecule has 0 saturated heterocycles. The summed E-state index contributed by atoms with van der Waals surface area (Å²) in [5.41, 5.74) is 9.05. The fraction of sp³-hybridized carbons (Fsp3) is 0.417. The summed E-state index contributed by atoms with van der Waals surface area (Å²) in [5, 5.41) is 0. The highest BCUT2D eigenvalue weighted by Crippen LogP contribution is 2.27. The Bertz CT molecular complexity index is 387. The van der Waals surface area contributed by atoms with E-state index in [0.717, 1.165) is 30.6 Å². The van der Waals surface area contributed by atoms with E-state index >= 15 is 0 Å². The predicted molar refractivity (Wildman–Crippen MR) is 60.7 cm³/mol. The summed E-state index contributed by atoms with van der Waals surface area (Å²) in [6.45, 7) is 3.02. The molecule has 0 unspecified atom stereocenters. The van der Waals surface area contributed by atoms with Crippen LogP contribution in [0.15, 0.2) is 18.2 Å². The van der Waals surface area contributed by atoms with Gasteiger partial charge in [-0.25, -0.2) is 0 Å². The number of nitrogens with zero attached hydrogens (tertiary/aromatic N) is 1. The Hall–Kier alpha value is -1.35. The molecule has 15 heavy (non-hydrogen) atoms. The van der Waals surface area contributed by atoms with Gasteiger partial charge in [-0.1, -0.05) is 12.1 Å². The predicted octanol–water partition coefficient (Wildman–Crippen LogP) is 1.44. The van der Waals surface area contributed by atoms with Crippen LogP contribution in [-0.4, -0.2) is 12.5 Å². The average Bonchev–Trinajstić information content (AvgIpc) is 2.27. The molecule has 0 aliphatic carbocycles. The first-order chi connectivity index (χ1) is 7.22. The van der Waals surface area contributed by atoms with Crippen LogP contribution >= 0.6 is 0 Å². The molecule has 0 aromatic heterocycles. The van der Waals surface area contributed by atoms with Crippen LogP contribution in [0.4, 0.5) is 5.69 Å². The number of hydrogen-bond donors (Lipinski definition) is 1. The van der Waals surface area contributed by atoms with Gasteiger partial charge in [0.1, 0.15) is 0 Å². The summed E-state index contributed by atoms with van der Waals surface area (Å²) in [6.07, 6.45) is 2.09. The van der Waals surface area contributed by atoms with Gasteiger partial charge in [-0.05, 0) is 30.0 Å². The zero-order valence-electron chi connectivity index (χ0n) is 8.99. The number of rotatable bonds is 1. The van der Waals surface area contributed by atoms with Crippen LogP contribution < -0.4 is 10.6 Å². The van der Waals surface area contributed by atoms with E-state index in [2.05, 4.69) is 6.07 Å². The largest absolute Gasteiger partial charge is 0.326 e. The second-order valence-electron chi connectivity index (χ2n) is 3.94. The number of amides is 1. The number of anilines is 1. The van der Waals surface area contributed by atoms with Gasteiger partial charge in [-0.15, -0.1) is 0 Å². The fourth-order valence-electron chi connectivity index (χ4n) is 2.10. The highest BCUT2D eigenvalue weighted by molar-refractivity contribution is 5.92. The fourth-order valence-corrected chi connectivity index (χ4v) is 2.10. The van der Waals surface area contributed by atoms with Crippen LogP contribution in [0.2, 0.25) is 0 Å². The summed E-state index contributed by atoms with van der Waals surface area (Å²) in [7, 11) is 0. The molecule has 2 N–H and O–H groups in total. The third kappa shape index (κ3) is 1.88. The van der Waals surface area contributed by atoms with E-state index in [1.165, 1.54) is 5.56 Å². The minimum absolute atomic E-state index is 0.122. The SMILES string of the molecule is CC(=O)N1CCCc2cc(CN)ccc21. The van der Waals surface area contributed by atoms with Crippen molar-refractivity contribution in [2.75, 3.05) is 11.4 Å². The highest BCUT2D eigenvalue weighted by atomic mass is 16.2. The number of benzene rings is 1. The molecule has 0 atom stereocenters. The monoisotopic (exact) mass is 204 g/mol. The second kappa shape index (κ2) is 4.03. The van der Waals surface area contributed by atoms with Crippen LogP contribution in [0.5, 0.6) is 0 Å². The van der Waals surface area contributed by atoms with Crippen molar-refractivity contribution < 1.29 is 4.79 Å². The van der Waals surface area contributed by atoms with E-state index in [-0.39, 0.29) is 5.91 Å². The maximum atomic E-state index is 11.4. The third-order valence-electron chi connectivity index (χ3n) is 2.88. The lowest BCUT2D eigenvalue weighted by Gasteiger charge is -2.28. The first-order valence-corrected chi connectivity index (χ1v) is 5.32. The Morgan fingerprint density at radius 3 is 3.00 bits per heavy atom. The minimum atomic E-state index is 0.122. The topological polar surface area (TPSA) is 46.3 Å². The van der Waals surface area contributed by atoms with Crippen molar-refractivity contribution >= 4 is 11.6 Å². The van der Waals surface area contributed by atoms with E-state index in [9.17, 15) is 4.79 Å². The molecule has 3 heteroatoms. The van der Waals surface area contributed by atoms with Crippen LogP contribution in [0.1, 0.15) is 24.5 Å². The number of carbonyl (C=O) groups is 1. The van der Waals surface area contributed by atoms with Crippen LogP contribution in [-0.2, 0) is 17.8 Å². The van der Waals surface area contributed by atoms with Gasteiger partial charge in [-0.2, -0.15) is 0 Å². The van der Waals surface area contributed by atoms with Crippen LogP contribution in [0.25, 0.3) is 0 Å². The van der Waals surface area contributed by atoms with E-state index in [4.69, 9.17) is 5.73 Å². The van der Waals surface area contributed by atoms with Gasteiger partial charge in [0.25, 0.3) is 0 Å². The zero-order valence-corrected chi connectivity index (χ0v) is 8.99. The molecular formula is C12H16N2O. The van der Waals surface area contributed by atoms with Gasteiger partial charge in [0, 0.05) is 25.7 Å². The standard InChI is InChI=1S/C12H16N2O/c1-9(15)14-6-2-3-11-7-10(8-13)4-5-12(11)14/h4-5,7H,2-3,6,8,13H2,1H3. The van der Waals surface area contributed by atoms with Gasteiger partial charge in [0.05, 0.1) is 0 Å². The molecule has 2 rings (SSSR count). The van der Waals surface area contributed by atoms with Crippen molar-refractivity contribution in [3.05, 3.63) is 29.3 Å². The van der Waals surface area contributed by atoms with Gasteiger partial charge in [0.2, 0.25) is 5.91 Å². The van der Waals surface area contributed by atoms with E-state index in [1.807, 2.05) is 17.0 Å². The van der Waals surface area contributed by atoms with E-state index < -0.39 is 0 Å². The summed E-state index contributed by atoms with van der Waals surface area (Å²) < 4.78 is 0. The molecule has 1 aromatic rings. The molecule has 0 spiro atoms. The number of carbonyl (C=O) groups excluding carboxylic acids is 1. The second-order valence-corrected chi connectivity index (χ2v) is 3.94. The van der Waals surface area contributed by atoms with E-state index in [1.54, 1.807) is 6.92 Å². The maximum Gasteiger partial charge on any atom is 0.223 e. The van der Waals surface area contributed by atoms with Crippen LogP contribution in [0.3, 0.4) is 0 Å². The molecule has 0 bridgehead atoms. The Labute approximate surface area is 89.9 Å². The highest BCUT2D eigenvalue weighted by Gasteiger charge is 2.19. The number of nitrogens with two attached hydrogens (primary N) is 1. The summed E-state index contributed by atoms with van der Waals surface area (Å²) in [5.74, 6) is 0.122. The van der Waals surface area contributed by atoms with Gasteiger partial charge >= 0.3 is 0 Å². The average molecular weight is 204 g/mol. The molecular weight excluding hydrogens is 188 g/mol. The normalized spacial score (nSPS) is 14.9. The molecule has 1 aliphatic rings. The molecule has 0 saturated carbocycles. The molecule has 1 aromatic carbocycles. The van der Waals surface area contributed by atoms with Crippen molar-refractivity contribution in [3.8, 4) is 0 Å². The van der Waals surface area contributed by atoms with Crippen molar-refractivity contribution in [1.82, 2.24) is 0 Å². The third-order valence-corrected chi connectivity index (χ3v) is 2.88. The number of fused-ring (bicyclic) bond motifs is 1. The lowest BCUT2D eigenvalue weighted by Crippen LogP contribution is -2.33. The number of aryl methyl sites for hydroxylation is 1. The first-order valence-electron chi connectivity index (χ1n) is 5.32. The molecule has 80 valence electrons. The molecule has 1 amide bonds. The molecule has 1 aliphatic heterocycles. The van der Waals surface area contributed by atoms with Crippen LogP contribution in [0, 0.1) is 0 Å². The molecule has 0 radical (unpaired) electrons. The maximum absolute atomic E-state index is 11.4. The van der Waals surface area contributed by atoms with Gasteiger partial charge in [0.15, 0.2) is 0 Å². The van der Waals surface area contributed by atoms with Crippen molar-refractivity contribution in [2.45, 2.75) is 26.3 Å². The molecule has 1 heterocycles. The molecule has 0 fully saturated rings. The van der Waals surface area contributed by atoms with E-state index in [0.29, 0.717) is 6.54 Å². The molecule has 3 nitrogen and oxygen atoms in total. The smallest absolute Gasteiger partial charge is 0.223 e. The quantitative estimate of drug-likeness (QED) is 0.752. The summed E-state index contributed by atoms with van der Waals surface area (Å²) in [4.78, 5) is 13.3. The van der Waals surface area contributed by atoms with Gasteiger partial charge < -0.3 is 10.6 Å². The number of hydrogen-bond acceptors (Lipinski definition) is 2. The van der Waals surface area contributed by atoms with Crippen molar-refractivity contribution in [3.63, 3.8) is 0 Å². The Kier molecular flexibility index (Phi) is 2.73. The first kappa shape index (κ1) is 10.2. The summed E-state index contributed by atoms with van der Waals surface area (Å²) in [6, 6.07) is 6.13. The zero-order chi connectivity index (χ0) is 10.8. The Morgan fingerprint density at radius 2 is 2.33 bits per heavy atom. The minimum Gasteiger partial charge on any atom is -0.326 e. The lowest BCUT2D eigenvalue weighted by molar-refractivity contribution is -0.116. The Morgan fingerprint density at radius 1 is 1.53 bits per heavy atom.